The third-order valence-corrected chi connectivity index (χ3v) is 3.78. The number of anilines is 1. The van der Waals surface area contributed by atoms with Gasteiger partial charge in [0, 0.05) is 13.2 Å². The van der Waals surface area contributed by atoms with Gasteiger partial charge in [-0.05, 0) is 30.7 Å². The summed E-state index contributed by atoms with van der Waals surface area (Å²) >= 11 is 0. The summed E-state index contributed by atoms with van der Waals surface area (Å²) in [4.78, 5) is 34.9. The molecule has 148 valence electrons. The van der Waals surface area contributed by atoms with E-state index in [0.717, 1.165) is 5.56 Å². The van der Waals surface area contributed by atoms with Crippen molar-refractivity contribution in [3.05, 3.63) is 63.7 Å². The molecule has 0 aromatic heterocycles. The van der Waals surface area contributed by atoms with Crippen LogP contribution in [-0.4, -0.2) is 37.1 Å². The second-order valence-corrected chi connectivity index (χ2v) is 5.81. The molecule has 9 nitrogen and oxygen atoms in total. The van der Waals surface area contributed by atoms with Gasteiger partial charge < -0.3 is 19.5 Å². The predicted octanol–water partition coefficient (Wildman–Crippen LogP) is 2.93. The first kappa shape index (κ1) is 20.8. The first-order chi connectivity index (χ1) is 13.3. The molecule has 0 radical (unpaired) electrons. The van der Waals surface area contributed by atoms with Crippen molar-refractivity contribution < 1.29 is 28.7 Å². The van der Waals surface area contributed by atoms with Crippen LogP contribution in [0.3, 0.4) is 0 Å². The number of nitro benzene ring substituents is 1. The summed E-state index contributed by atoms with van der Waals surface area (Å²) in [6, 6.07) is 10.5. The lowest BCUT2D eigenvalue weighted by atomic mass is 10.1. The number of rotatable bonds is 8. The van der Waals surface area contributed by atoms with Gasteiger partial charge in [-0.1, -0.05) is 12.1 Å². The third-order valence-electron chi connectivity index (χ3n) is 3.78. The molecule has 1 amide bonds. The van der Waals surface area contributed by atoms with Gasteiger partial charge in [-0.15, -0.1) is 0 Å². The highest BCUT2D eigenvalue weighted by Crippen LogP contribution is 2.29. The van der Waals surface area contributed by atoms with E-state index in [2.05, 4.69) is 5.32 Å². The maximum Gasteiger partial charge on any atom is 0.338 e. The van der Waals surface area contributed by atoms with E-state index in [4.69, 9.17) is 14.2 Å². The van der Waals surface area contributed by atoms with Crippen LogP contribution in [0.4, 0.5) is 11.4 Å². The van der Waals surface area contributed by atoms with Crippen molar-refractivity contribution in [2.45, 2.75) is 19.6 Å². The number of nitrogens with zero attached hydrogens (tertiary/aromatic N) is 1. The molecule has 1 atom stereocenters. The molecule has 0 saturated heterocycles. The average molecular weight is 388 g/mol. The largest absolute Gasteiger partial charge is 0.494 e. The fourth-order valence-electron chi connectivity index (χ4n) is 2.37. The van der Waals surface area contributed by atoms with Crippen LogP contribution in [0.15, 0.2) is 42.5 Å². The van der Waals surface area contributed by atoms with Crippen molar-refractivity contribution in [1.29, 1.82) is 0 Å². The van der Waals surface area contributed by atoms with Gasteiger partial charge in [-0.3, -0.25) is 14.9 Å². The minimum absolute atomic E-state index is 0.119. The van der Waals surface area contributed by atoms with Crippen LogP contribution in [0.1, 0.15) is 22.8 Å². The van der Waals surface area contributed by atoms with Crippen LogP contribution in [0.25, 0.3) is 0 Å². The van der Waals surface area contributed by atoms with Crippen molar-refractivity contribution in [2.75, 3.05) is 19.5 Å². The number of nitro groups is 1. The quantitative estimate of drug-likeness (QED) is 0.420. The van der Waals surface area contributed by atoms with E-state index in [9.17, 15) is 19.7 Å². The first-order valence-corrected chi connectivity index (χ1v) is 8.28. The standard InChI is InChI=1S/C19H20N2O7/c1-12(28-19(23)14-6-4-5-13(9-14)11-26-2)18(22)20-16-8-7-15(21(24)25)10-17(16)27-3/h4-10,12H,11H2,1-3H3,(H,20,22)/t12-/m1/s1. The Bertz CT molecular complexity index is 882. The molecule has 0 fully saturated rings. The maximum atomic E-state index is 12.3. The molecular weight excluding hydrogens is 368 g/mol. The molecule has 0 saturated carbocycles. The number of non-ortho nitro benzene ring substituents is 1. The highest BCUT2D eigenvalue weighted by atomic mass is 16.6. The minimum atomic E-state index is -1.10. The number of ether oxygens (including phenoxy) is 3. The molecule has 0 aliphatic carbocycles. The van der Waals surface area contributed by atoms with Crippen LogP contribution < -0.4 is 10.1 Å². The van der Waals surface area contributed by atoms with Crippen molar-refractivity contribution in [3.63, 3.8) is 0 Å². The van der Waals surface area contributed by atoms with E-state index in [1.165, 1.54) is 32.2 Å². The van der Waals surface area contributed by atoms with E-state index in [-0.39, 0.29) is 17.1 Å². The second kappa shape index (κ2) is 9.47. The zero-order valence-corrected chi connectivity index (χ0v) is 15.6. The van der Waals surface area contributed by atoms with Gasteiger partial charge in [0.15, 0.2) is 6.10 Å². The topological polar surface area (TPSA) is 117 Å². The van der Waals surface area contributed by atoms with Gasteiger partial charge in [0.1, 0.15) is 5.75 Å². The lowest BCUT2D eigenvalue weighted by Gasteiger charge is -2.15. The number of hydrogen-bond acceptors (Lipinski definition) is 7. The number of carbonyl (C=O) groups excluding carboxylic acids is 2. The zero-order valence-electron chi connectivity index (χ0n) is 15.6. The Morgan fingerprint density at radius 3 is 2.57 bits per heavy atom. The third kappa shape index (κ3) is 5.27. The maximum absolute atomic E-state index is 12.3. The summed E-state index contributed by atoms with van der Waals surface area (Å²) in [5.74, 6) is -1.14. The summed E-state index contributed by atoms with van der Waals surface area (Å²) in [5, 5.41) is 13.4. The Labute approximate surface area is 161 Å². The van der Waals surface area contributed by atoms with Crippen molar-refractivity contribution >= 4 is 23.3 Å². The van der Waals surface area contributed by atoms with Crippen molar-refractivity contribution in [2.24, 2.45) is 0 Å². The first-order valence-electron chi connectivity index (χ1n) is 8.28. The minimum Gasteiger partial charge on any atom is -0.494 e. The summed E-state index contributed by atoms with van der Waals surface area (Å²) in [7, 11) is 2.87. The molecule has 1 N–H and O–H groups in total. The number of hydrogen-bond donors (Lipinski definition) is 1. The molecule has 2 aromatic carbocycles. The Hall–Kier alpha value is -3.46. The molecule has 0 bridgehead atoms. The van der Waals surface area contributed by atoms with Gasteiger partial charge in [-0.25, -0.2) is 4.79 Å². The lowest BCUT2D eigenvalue weighted by Crippen LogP contribution is -2.30. The molecule has 0 aliphatic heterocycles. The van der Waals surface area contributed by atoms with Crippen LogP contribution >= 0.6 is 0 Å². The normalized spacial score (nSPS) is 11.4. The highest BCUT2D eigenvalue weighted by molar-refractivity contribution is 5.98. The fourth-order valence-corrected chi connectivity index (χ4v) is 2.37. The molecular formula is C19H20N2O7. The molecule has 0 heterocycles. The monoisotopic (exact) mass is 388 g/mol. The van der Waals surface area contributed by atoms with E-state index < -0.39 is 22.9 Å². The Balaban J connectivity index is 2.05. The molecule has 28 heavy (non-hydrogen) atoms. The average Bonchev–Trinajstić information content (AvgIpc) is 2.68. The number of esters is 1. The van der Waals surface area contributed by atoms with Gasteiger partial charge in [0.25, 0.3) is 11.6 Å². The second-order valence-electron chi connectivity index (χ2n) is 5.81. The van der Waals surface area contributed by atoms with Gasteiger partial charge >= 0.3 is 5.97 Å². The number of nitrogens with one attached hydrogen (secondary N) is 1. The zero-order chi connectivity index (χ0) is 20.7. The molecule has 2 aromatic rings. The number of carbonyl (C=O) groups is 2. The summed E-state index contributed by atoms with van der Waals surface area (Å²) in [6.07, 6.45) is -1.10. The molecule has 0 aliphatic rings. The van der Waals surface area contributed by atoms with Crippen LogP contribution in [-0.2, 0) is 20.9 Å². The van der Waals surface area contributed by atoms with Crippen LogP contribution in [0, 0.1) is 10.1 Å². The summed E-state index contributed by atoms with van der Waals surface area (Å²) < 4.78 is 15.3. The Morgan fingerprint density at radius 2 is 1.93 bits per heavy atom. The van der Waals surface area contributed by atoms with Gasteiger partial charge in [0.05, 0.1) is 36.0 Å². The molecule has 0 unspecified atom stereocenters. The molecule has 9 heteroatoms. The molecule has 0 spiro atoms. The van der Waals surface area contributed by atoms with Gasteiger partial charge in [0.2, 0.25) is 0 Å². The van der Waals surface area contributed by atoms with E-state index in [0.29, 0.717) is 12.2 Å². The fraction of sp³-hybridized carbons (Fsp3) is 0.263. The van der Waals surface area contributed by atoms with Crippen LogP contribution in [0.2, 0.25) is 0 Å². The molecule has 2 rings (SSSR count). The lowest BCUT2D eigenvalue weighted by molar-refractivity contribution is -0.384. The Morgan fingerprint density at radius 1 is 1.18 bits per heavy atom. The van der Waals surface area contributed by atoms with E-state index >= 15 is 0 Å². The van der Waals surface area contributed by atoms with Crippen LogP contribution in [0.5, 0.6) is 5.75 Å². The Kier molecular flexibility index (Phi) is 7.05. The summed E-state index contributed by atoms with van der Waals surface area (Å²) in [6.45, 7) is 1.77. The predicted molar refractivity (Wildman–Crippen MR) is 100 cm³/mol. The SMILES string of the molecule is COCc1cccc(C(=O)O[C@H](C)C(=O)Nc2ccc([N+](=O)[O-])cc2OC)c1. The van der Waals surface area contributed by atoms with Crippen molar-refractivity contribution in [3.8, 4) is 5.75 Å². The van der Waals surface area contributed by atoms with E-state index in [1.54, 1.807) is 31.4 Å². The van der Waals surface area contributed by atoms with E-state index in [1.807, 2.05) is 0 Å². The number of benzene rings is 2. The number of methoxy groups -OCH3 is 2. The smallest absolute Gasteiger partial charge is 0.338 e. The highest BCUT2D eigenvalue weighted by Gasteiger charge is 2.21. The summed E-state index contributed by atoms with van der Waals surface area (Å²) in [5.41, 5.74) is 1.14. The van der Waals surface area contributed by atoms with Crippen molar-refractivity contribution in [1.82, 2.24) is 0 Å². The number of amides is 1. The van der Waals surface area contributed by atoms with Gasteiger partial charge in [-0.2, -0.15) is 0 Å².